The minimum Gasteiger partial charge on any atom is -0.476 e. The molecule has 0 radical (unpaired) electrons. The number of nitrogens with one attached hydrogen (secondary N) is 1. The molecule has 9 heteroatoms. The second-order valence-corrected chi connectivity index (χ2v) is 8.12. The van der Waals surface area contributed by atoms with Crippen LogP contribution in [0.2, 0.25) is 0 Å². The molecule has 0 saturated carbocycles. The Hall–Kier alpha value is -3.07. The summed E-state index contributed by atoms with van der Waals surface area (Å²) in [5.74, 6) is -0.831. The van der Waals surface area contributed by atoms with E-state index < -0.39 is 27.9 Å². The van der Waals surface area contributed by atoms with E-state index in [9.17, 15) is 18.0 Å². The number of ether oxygens (including phenoxy) is 1. The molecule has 0 bridgehead atoms. The first-order chi connectivity index (χ1) is 12.8. The maximum Gasteiger partial charge on any atom is 0.267 e. The topological polar surface area (TPSA) is 119 Å². The zero-order valence-corrected chi connectivity index (χ0v) is 15.4. The number of nitrogens with two attached hydrogens (primary N) is 1. The Morgan fingerprint density at radius 3 is 2.48 bits per heavy atom. The molecule has 2 aromatic rings. The van der Waals surface area contributed by atoms with Gasteiger partial charge in [0.25, 0.3) is 5.91 Å². The third kappa shape index (κ3) is 3.87. The van der Waals surface area contributed by atoms with Gasteiger partial charge in [-0.25, -0.2) is 8.42 Å². The molecule has 0 aliphatic carbocycles. The zero-order chi connectivity index (χ0) is 19.6. The van der Waals surface area contributed by atoms with Crippen molar-refractivity contribution in [2.75, 3.05) is 21.9 Å². The molecule has 3 rings (SSSR count). The lowest BCUT2D eigenvalue weighted by molar-refractivity contribution is -0.122. The van der Waals surface area contributed by atoms with Crippen LogP contribution in [0, 0.1) is 0 Å². The number of primary amides is 1. The number of para-hydroxylation sites is 2. The fourth-order valence-electron chi connectivity index (χ4n) is 2.70. The summed E-state index contributed by atoms with van der Waals surface area (Å²) in [7, 11) is -3.57. The van der Waals surface area contributed by atoms with Crippen LogP contribution in [-0.4, -0.2) is 38.6 Å². The van der Waals surface area contributed by atoms with Crippen molar-refractivity contribution in [1.29, 1.82) is 0 Å². The van der Waals surface area contributed by atoms with Gasteiger partial charge < -0.3 is 15.8 Å². The largest absolute Gasteiger partial charge is 0.476 e. The molecule has 27 heavy (non-hydrogen) atoms. The smallest absolute Gasteiger partial charge is 0.267 e. The molecule has 2 aromatic carbocycles. The Labute approximate surface area is 157 Å². The molecule has 1 aliphatic rings. The summed E-state index contributed by atoms with van der Waals surface area (Å²) in [5, 5.41) is 2.66. The Kier molecular flexibility index (Phi) is 5.04. The van der Waals surface area contributed by atoms with Crippen LogP contribution in [0.1, 0.15) is 17.3 Å². The van der Waals surface area contributed by atoms with E-state index in [0.29, 0.717) is 22.7 Å². The summed E-state index contributed by atoms with van der Waals surface area (Å²) in [6.45, 7) is 1.42. The van der Waals surface area contributed by atoms with E-state index in [1.54, 1.807) is 31.2 Å². The Bertz CT molecular complexity index is 973. The summed E-state index contributed by atoms with van der Waals surface area (Å²) in [6.07, 6.45) is -1.02. The van der Waals surface area contributed by atoms with E-state index in [1.807, 2.05) is 0 Å². The van der Waals surface area contributed by atoms with Gasteiger partial charge in [0, 0.05) is 11.3 Å². The van der Waals surface area contributed by atoms with Crippen molar-refractivity contribution in [3.05, 3.63) is 54.1 Å². The first kappa shape index (κ1) is 18.7. The van der Waals surface area contributed by atoms with Crippen LogP contribution < -0.4 is 20.1 Å². The molecule has 1 atom stereocenters. The zero-order valence-electron chi connectivity index (χ0n) is 14.6. The van der Waals surface area contributed by atoms with E-state index >= 15 is 0 Å². The number of hydrogen-bond donors (Lipinski definition) is 2. The molecule has 1 heterocycles. The normalized spacial score (nSPS) is 16.2. The van der Waals surface area contributed by atoms with Crippen LogP contribution in [0.3, 0.4) is 0 Å². The monoisotopic (exact) mass is 389 g/mol. The van der Waals surface area contributed by atoms with E-state index in [1.165, 1.54) is 28.6 Å². The van der Waals surface area contributed by atoms with Crippen molar-refractivity contribution in [2.45, 2.75) is 13.0 Å². The minimum absolute atomic E-state index is 0.0930. The molecule has 142 valence electrons. The van der Waals surface area contributed by atoms with Gasteiger partial charge in [-0.05, 0) is 43.3 Å². The average molecular weight is 389 g/mol. The average Bonchev–Trinajstić information content (AvgIpc) is 2.67. The van der Waals surface area contributed by atoms with Crippen LogP contribution in [0.4, 0.5) is 11.4 Å². The lowest BCUT2D eigenvalue weighted by Crippen LogP contribution is -2.49. The van der Waals surface area contributed by atoms with E-state index in [2.05, 4.69) is 5.32 Å². The minimum atomic E-state index is -3.57. The highest BCUT2D eigenvalue weighted by Gasteiger charge is 2.35. The van der Waals surface area contributed by atoms with Gasteiger partial charge in [-0.1, -0.05) is 12.1 Å². The fourth-order valence-corrected chi connectivity index (χ4v) is 3.82. The van der Waals surface area contributed by atoms with Crippen molar-refractivity contribution < 1.29 is 22.7 Å². The molecular formula is C18H19N3O5S. The summed E-state index contributed by atoms with van der Waals surface area (Å²) in [5.41, 5.74) is 6.36. The summed E-state index contributed by atoms with van der Waals surface area (Å²) in [6, 6.07) is 12.7. The lowest BCUT2D eigenvalue weighted by atomic mass is 10.2. The van der Waals surface area contributed by atoms with Crippen LogP contribution >= 0.6 is 0 Å². The second kappa shape index (κ2) is 7.28. The van der Waals surface area contributed by atoms with Crippen molar-refractivity contribution in [3.63, 3.8) is 0 Å². The summed E-state index contributed by atoms with van der Waals surface area (Å²) < 4.78 is 31.8. The number of amides is 2. The van der Waals surface area contributed by atoms with Gasteiger partial charge in [0.15, 0.2) is 6.10 Å². The number of sulfonamides is 1. The van der Waals surface area contributed by atoms with Crippen molar-refractivity contribution in [1.82, 2.24) is 0 Å². The molecule has 1 unspecified atom stereocenters. The van der Waals surface area contributed by atoms with E-state index in [-0.39, 0.29) is 12.3 Å². The van der Waals surface area contributed by atoms with Gasteiger partial charge in [0.2, 0.25) is 15.9 Å². The SMILES string of the molecule is CCS(=O)(=O)N1CC(C(=O)Nc2ccc(C(N)=O)cc2)Oc2ccccc21. The van der Waals surface area contributed by atoms with E-state index in [0.717, 1.165) is 0 Å². The van der Waals surface area contributed by atoms with Crippen LogP contribution in [-0.2, 0) is 14.8 Å². The van der Waals surface area contributed by atoms with Crippen molar-refractivity contribution in [3.8, 4) is 5.75 Å². The molecule has 2 amide bonds. The molecule has 8 nitrogen and oxygen atoms in total. The van der Waals surface area contributed by atoms with Crippen molar-refractivity contribution in [2.24, 2.45) is 5.73 Å². The lowest BCUT2D eigenvalue weighted by Gasteiger charge is -2.34. The van der Waals surface area contributed by atoms with Gasteiger partial charge in [-0.2, -0.15) is 0 Å². The van der Waals surface area contributed by atoms with Crippen LogP contribution in [0.15, 0.2) is 48.5 Å². The number of benzene rings is 2. The predicted molar refractivity (Wildman–Crippen MR) is 101 cm³/mol. The Balaban J connectivity index is 1.82. The third-order valence-corrected chi connectivity index (χ3v) is 5.91. The van der Waals surface area contributed by atoms with Crippen molar-refractivity contribution >= 4 is 33.2 Å². The number of hydrogen-bond acceptors (Lipinski definition) is 5. The molecule has 0 aromatic heterocycles. The predicted octanol–water partition coefficient (Wildman–Crippen LogP) is 1.34. The number of carbonyl (C=O) groups is 2. The molecule has 0 fully saturated rings. The highest BCUT2D eigenvalue weighted by Crippen LogP contribution is 2.35. The standard InChI is InChI=1S/C18H19N3O5S/c1-2-27(24,25)21-11-16(26-15-6-4-3-5-14(15)21)18(23)20-13-9-7-12(8-10-13)17(19)22/h3-10,16H,2,11H2,1H3,(H2,19,22)(H,20,23). The van der Waals surface area contributed by atoms with Gasteiger partial charge in [-0.15, -0.1) is 0 Å². The maximum absolute atomic E-state index is 12.6. The molecular weight excluding hydrogens is 370 g/mol. The highest BCUT2D eigenvalue weighted by molar-refractivity contribution is 7.92. The summed E-state index contributed by atoms with van der Waals surface area (Å²) in [4.78, 5) is 23.7. The first-order valence-electron chi connectivity index (χ1n) is 8.28. The molecule has 0 saturated heterocycles. The highest BCUT2D eigenvalue weighted by atomic mass is 32.2. The number of rotatable bonds is 5. The van der Waals surface area contributed by atoms with Gasteiger partial charge in [0.1, 0.15) is 5.75 Å². The quantitative estimate of drug-likeness (QED) is 0.800. The van der Waals surface area contributed by atoms with E-state index in [4.69, 9.17) is 10.5 Å². The third-order valence-electron chi connectivity index (χ3n) is 4.16. The Morgan fingerprint density at radius 1 is 1.19 bits per heavy atom. The molecule has 3 N–H and O–H groups in total. The van der Waals surface area contributed by atoms with Gasteiger partial charge in [-0.3, -0.25) is 13.9 Å². The maximum atomic E-state index is 12.6. The summed E-state index contributed by atoms with van der Waals surface area (Å²) >= 11 is 0. The Morgan fingerprint density at radius 2 is 1.85 bits per heavy atom. The van der Waals surface area contributed by atoms with Crippen LogP contribution in [0.5, 0.6) is 5.75 Å². The second-order valence-electron chi connectivity index (χ2n) is 5.94. The first-order valence-corrected chi connectivity index (χ1v) is 9.89. The number of nitrogens with zero attached hydrogens (tertiary/aromatic N) is 1. The van der Waals surface area contributed by atoms with Crippen LogP contribution in [0.25, 0.3) is 0 Å². The number of fused-ring (bicyclic) bond motifs is 1. The number of carbonyl (C=O) groups excluding carboxylic acids is 2. The van der Waals surface area contributed by atoms with Gasteiger partial charge >= 0.3 is 0 Å². The molecule has 0 spiro atoms. The molecule has 1 aliphatic heterocycles. The fraction of sp³-hybridized carbons (Fsp3) is 0.222. The number of anilines is 2. The van der Waals surface area contributed by atoms with Gasteiger partial charge in [0.05, 0.1) is 18.0 Å².